The Morgan fingerprint density at radius 2 is 2.04 bits per heavy atom. The summed E-state index contributed by atoms with van der Waals surface area (Å²) in [5.74, 6) is 0.953. The van der Waals surface area contributed by atoms with Gasteiger partial charge in [-0.15, -0.1) is 0 Å². The number of hydrogen-bond donors (Lipinski definition) is 1. The van der Waals surface area contributed by atoms with Crippen LogP contribution in [-0.2, 0) is 4.79 Å². The minimum absolute atomic E-state index is 0.244. The Hall–Kier alpha value is -2.38. The summed E-state index contributed by atoms with van der Waals surface area (Å²) in [6, 6.07) is 9.66. The van der Waals surface area contributed by atoms with Gasteiger partial charge in [0, 0.05) is 6.08 Å². The molecule has 134 valence electrons. The van der Waals surface area contributed by atoms with E-state index in [1.807, 2.05) is 25.1 Å². The molecule has 0 saturated carbocycles. The van der Waals surface area contributed by atoms with Crippen LogP contribution in [0.15, 0.2) is 40.9 Å². The molecule has 26 heavy (non-hydrogen) atoms. The van der Waals surface area contributed by atoms with E-state index in [4.69, 9.17) is 9.47 Å². The Balaban J connectivity index is 1.75. The van der Waals surface area contributed by atoms with Crippen molar-refractivity contribution in [2.45, 2.75) is 6.92 Å². The number of fused-ring (bicyclic) bond motifs is 1. The van der Waals surface area contributed by atoms with E-state index in [2.05, 4.69) is 32.3 Å². The molecule has 0 unspecified atom stereocenters. The first-order valence-corrected chi connectivity index (χ1v) is 9.39. The van der Waals surface area contributed by atoms with Crippen LogP contribution in [0.3, 0.4) is 0 Å². The first-order valence-electron chi connectivity index (χ1n) is 7.78. The van der Waals surface area contributed by atoms with Crippen LogP contribution < -0.4 is 14.8 Å². The van der Waals surface area contributed by atoms with Crippen LogP contribution in [-0.4, -0.2) is 25.1 Å². The minimum atomic E-state index is -0.244. The molecule has 1 N–H and O–H groups in total. The van der Waals surface area contributed by atoms with Crippen molar-refractivity contribution in [3.8, 4) is 11.5 Å². The van der Waals surface area contributed by atoms with Crippen LogP contribution in [0.5, 0.6) is 11.5 Å². The second kappa shape index (κ2) is 7.88. The molecule has 0 fully saturated rings. The first-order chi connectivity index (χ1) is 12.5. The number of nitrogens with zero attached hydrogens (tertiary/aromatic N) is 1. The van der Waals surface area contributed by atoms with Crippen molar-refractivity contribution in [2.24, 2.45) is 0 Å². The van der Waals surface area contributed by atoms with Gasteiger partial charge in [-0.1, -0.05) is 17.4 Å². The number of methoxy groups -OCH3 is 2. The quantitative estimate of drug-likeness (QED) is 0.573. The van der Waals surface area contributed by atoms with E-state index in [1.165, 1.54) is 17.4 Å². The number of aryl methyl sites for hydroxylation is 1. The van der Waals surface area contributed by atoms with Crippen molar-refractivity contribution in [1.29, 1.82) is 0 Å². The summed E-state index contributed by atoms with van der Waals surface area (Å²) in [6.07, 6.45) is 3.17. The largest absolute Gasteiger partial charge is 0.493 e. The Morgan fingerprint density at radius 3 is 2.77 bits per heavy atom. The maximum Gasteiger partial charge on any atom is 0.250 e. The Kier molecular flexibility index (Phi) is 5.58. The first kappa shape index (κ1) is 18.4. The van der Waals surface area contributed by atoms with Gasteiger partial charge in [-0.25, -0.2) is 4.98 Å². The number of hydrogen-bond acceptors (Lipinski definition) is 5. The highest BCUT2D eigenvalue weighted by molar-refractivity contribution is 9.10. The molecule has 0 aliphatic heterocycles. The number of amides is 1. The third-order valence-electron chi connectivity index (χ3n) is 3.66. The molecule has 1 amide bonds. The lowest BCUT2D eigenvalue weighted by molar-refractivity contribution is -0.111. The van der Waals surface area contributed by atoms with E-state index in [-0.39, 0.29) is 5.91 Å². The summed E-state index contributed by atoms with van der Waals surface area (Å²) in [7, 11) is 3.14. The van der Waals surface area contributed by atoms with Gasteiger partial charge in [-0.05, 0) is 64.3 Å². The van der Waals surface area contributed by atoms with Crippen molar-refractivity contribution in [2.75, 3.05) is 19.5 Å². The Bertz CT molecular complexity index is 998. The number of carbonyl (C=O) groups is 1. The van der Waals surface area contributed by atoms with Crippen molar-refractivity contribution >= 4 is 54.6 Å². The molecular formula is C19H17BrN2O3S. The lowest BCUT2D eigenvalue weighted by Gasteiger charge is -2.10. The zero-order chi connectivity index (χ0) is 18.7. The second-order valence-corrected chi connectivity index (χ2v) is 7.44. The zero-order valence-electron chi connectivity index (χ0n) is 14.5. The number of nitrogens with one attached hydrogen (secondary N) is 1. The number of benzene rings is 2. The minimum Gasteiger partial charge on any atom is -0.493 e. The molecule has 0 atom stereocenters. The van der Waals surface area contributed by atoms with Crippen molar-refractivity contribution in [3.63, 3.8) is 0 Å². The third kappa shape index (κ3) is 4.05. The lowest BCUT2D eigenvalue weighted by Crippen LogP contribution is -2.07. The molecule has 2 aromatic carbocycles. The summed E-state index contributed by atoms with van der Waals surface area (Å²) in [4.78, 5) is 16.6. The predicted molar refractivity (Wildman–Crippen MR) is 109 cm³/mol. The van der Waals surface area contributed by atoms with Crippen molar-refractivity contribution in [3.05, 3.63) is 52.0 Å². The number of aromatic nitrogens is 1. The van der Waals surface area contributed by atoms with Gasteiger partial charge >= 0.3 is 0 Å². The van der Waals surface area contributed by atoms with Crippen LogP contribution in [0.2, 0.25) is 0 Å². The molecule has 0 spiro atoms. The van der Waals surface area contributed by atoms with Gasteiger partial charge in [-0.3, -0.25) is 10.1 Å². The van der Waals surface area contributed by atoms with E-state index in [1.54, 1.807) is 26.4 Å². The zero-order valence-corrected chi connectivity index (χ0v) is 16.9. The summed E-state index contributed by atoms with van der Waals surface area (Å²) >= 11 is 4.89. The van der Waals surface area contributed by atoms with Crippen LogP contribution in [0.25, 0.3) is 16.3 Å². The highest BCUT2D eigenvalue weighted by atomic mass is 79.9. The number of thiazole rings is 1. The summed E-state index contributed by atoms with van der Waals surface area (Å²) in [5, 5.41) is 3.38. The molecule has 3 aromatic rings. The molecule has 1 aromatic heterocycles. The van der Waals surface area contributed by atoms with E-state index in [0.29, 0.717) is 16.6 Å². The van der Waals surface area contributed by atoms with Crippen molar-refractivity contribution < 1.29 is 14.3 Å². The third-order valence-corrected chi connectivity index (χ3v) is 5.18. The summed E-state index contributed by atoms with van der Waals surface area (Å²) < 4.78 is 12.4. The van der Waals surface area contributed by atoms with Crippen LogP contribution in [0.4, 0.5) is 5.13 Å². The van der Waals surface area contributed by atoms with Gasteiger partial charge in [0.1, 0.15) is 0 Å². The molecular weight excluding hydrogens is 416 g/mol. The molecule has 0 aliphatic carbocycles. The number of rotatable bonds is 5. The molecule has 0 bridgehead atoms. The SMILES string of the molecule is COc1cc(/C=C/C(=O)Nc2nc3ccc(C)cc3s2)cc(Br)c1OC. The highest BCUT2D eigenvalue weighted by Crippen LogP contribution is 2.36. The Morgan fingerprint density at radius 1 is 1.23 bits per heavy atom. The smallest absolute Gasteiger partial charge is 0.250 e. The average Bonchev–Trinajstić information content (AvgIpc) is 3.00. The van der Waals surface area contributed by atoms with Crippen LogP contribution in [0.1, 0.15) is 11.1 Å². The van der Waals surface area contributed by atoms with Crippen LogP contribution >= 0.6 is 27.3 Å². The lowest BCUT2D eigenvalue weighted by atomic mass is 10.2. The van der Waals surface area contributed by atoms with Gasteiger partial charge in [0.15, 0.2) is 16.6 Å². The van der Waals surface area contributed by atoms with E-state index in [9.17, 15) is 4.79 Å². The fourth-order valence-electron chi connectivity index (χ4n) is 2.44. The van der Waals surface area contributed by atoms with E-state index in [0.717, 1.165) is 25.8 Å². The summed E-state index contributed by atoms with van der Waals surface area (Å²) in [6.45, 7) is 2.03. The van der Waals surface area contributed by atoms with Gasteiger partial charge in [0.25, 0.3) is 0 Å². The normalized spacial score (nSPS) is 11.1. The van der Waals surface area contributed by atoms with Gasteiger partial charge in [0.05, 0.1) is 28.9 Å². The maximum atomic E-state index is 12.2. The predicted octanol–water partition coefficient (Wildman–Crippen LogP) is 5.04. The molecule has 0 saturated heterocycles. The van der Waals surface area contributed by atoms with Gasteiger partial charge < -0.3 is 9.47 Å². The monoisotopic (exact) mass is 432 g/mol. The Labute approximate surface area is 163 Å². The molecule has 1 heterocycles. The van der Waals surface area contributed by atoms with Crippen LogP contribution in [0, 0.1) is 6.92 Å². The molecule has 3 rings (SSSR count). The van der Waals surface area contributed by atoms with E-state index >= 15 is 0 Å². The second-order valence-electron chi connectivity index (χ2n) is 5.55. The molecule has 5 nitrogen and oxygen atoms in total. The molecule has 7 heteroatoms. The number of ether oxygens (including phenoxy) is 2. The topological polar surface area (TPSA) is 60.5 Å². The molecule has 0 radical (unpaired) electrons. The van der Waals surface area contributed by atoms with Crippen molar-refractivity contribution in [1.82, 2.24) is 4.98 Å². The number of halogens is 1. The fraction of sp³-hybridized carbons (Fsp3) is 0.158. The molecule has 0 aliphatic rings. The number of anilines is 1. The van der Waals surface area contributed by atoms with E-state index < -0.39 is 0 Å². The summed E-state index contributed by atoms with van der Waals surface area (Å²) in [5.41, 5.74) is 2.85. The number of carbonyl (C=O) groups excluding carboxylic acids is 1. The van der Waals surface area contributed by atoms with Gasteiger partial charge in [0.2, 0.25) is 5.91 Å². The highest BCUT2D eigenvalue weighted by Gasteiger charge is 2.10. The van der Waals surface area contributed by atoms with Gasteiger partial charge in [-0.2, -0.15) is 0 Å². The standard InChI is InChI=1S/C19H17BrN2O3S/c1-11-4-6-14-16(8-11)26-19(21-14)22-17(23)7-5-12-9-13(20)18(25-3)15(10-12)24-2/h4-10H,1-3H3,(H,21,22,23)/b7-5+. The maximum absolute atomic E-state index is 12.2. The average molecular weight is 433 g/mol. The fourth-order valence-corrected chi connectivity index (χ4v) is 4.03.